The summed E-state index contributed by atoms with van der Waals surface area (Å²) in [5, 5.41) is 3.08. The van der Waals surface area contributed by atoms with E-state index in [0.29, 0.717) is 0 Å². The minimum atomic E-state index is 0.801. The van der Waals surface area contributed by atoms with Crippen LogP contribution < -0.4 is 10.1 Å². The standard InChI is InChI=1S/C13H17N3O/c1-14-7-12-9-16(10-15-12)8-11-3-5-13(17-2)6-4-11/h3-6,9-10,14H,7-8H2,1-2H3. The van der Waals surface area contributed by atoms with Gasteiger partial charge in [0.25, 0.3) is 0 Å². The Morgan fingerprint density at radius 2 is 2.06 bits per heavy atom. The van der Waals surface area contributed by atoms with Crippen molar-refractivity contribution in [2.45, 2.75) is 13.1 Å². The van der Waals surface area contributed by atoms with Crippen LogP contribution in [0.25, 0.3) is 0 Å². The molecule has 2 aromatic rings. The zero-order valence-electron chi connectivity index (χ0n) is 10.2. The third kappa shape index (κ3) is 3.07. The maximum Gasteiger partial charge on any atom is 0.118 e. The first kappa shape index (κ1) is 11.7. The molecule has 1 heterocycles. The molecule has 0 atom stereocenters. The Labute approximate surface area is 101 Å². The maximum absolute atomic E-state index is 5.13. The van der Waals surface area contributed by atoms with Gasteiger partial charge in [-0.1, -0.05) is 12.1 Å². The lowest BCUT2D eigenvalue weighted by Crippen LogP contribution is -2.05. The number of nitrogens with zero attached hydrogens (tertiary/aromatic N) is 2. The van der Waals surface area contributed by atoms with Crippen LogP contribution in [0.2, 0.25) is 0 Å². The second-order valence-electron chi connectivity index (χ2n) is 3.92. The predicted octanol–water partition coefficient (Wildman–Crippen LogP) is 1.66. The van der Waals surface area contributed by atoms with Gasteiger partial charge in [-0.25, -0.2) is 4.98 Å². The molecular formula is C13H17N3O. The molecular weight excluding hydrogens is 214 g/mol. The van der Waals surface area contributed by atoms with Crippen molar-refractivity contribution >= 4 is 0 Å². The van der Waals surface area contributed by atoms with Crippen LogP contribution in [-0.2, 0) is 13.1 Å². The van der Waals surface area contributed by atoms with Gasteiger partial charge in [-0.15, -0.1) is 0 Å². The first-order valence-corrected chi connectivity index (χ1v) is 5.60. The molecule has 0 amide bonds. The fraction of sp³-hybridized carbons (Fsp3) is 0.308. The smallest absolute Gasteiger partial charge is 0.118 e. The number of aromatic nitrogens is 2. The van der Waals surface area contributed by atoms with E-state index in [9.17, 15) is 0 Å². The molecule has 4 nitrogen and oxygen atoms in total. The maximum atomic E-state index is 5.13. The van der Waals surface area contributed by atoms with Crippen molar-refractivity contribution < 1.29 is 4.74 Å². The van der Waals surface area contributed by atoms with Crippen molar-refractivity contribution in [3.63, 3.8) is 0 Å². The summed E-state index contributed by atoms with van der Waals surface area (Å²) >= 11 is 0. The molecule has 0 saturated heterocycles. The number of rotatable bonds is 5. The van der Waals surface area contributed by atoms with Crippen LogP contribution in [0.1, 0.15) is 11.3 Å². The monoisotopic (exact) mass is 231 g/mol. The van der Waals surface area contributed by atoms with Crippen LogP contribution >= 0.6 is 0 Å². The molecule has 0 radical (unpaired) electrons. The molecule has 0 fully saturated rings. The first-order chi connectivity index (χ1) is 8.31. The number of hydrogen-bond acceptors (Lipinski definition) is 3. The fourth-order valence-electron chi connectivity index (χ4n) is 1.71. The lowest BCUT2D eigenvalue weighted by molar-refractivity contribution is 0.414. The average molecular weight is 231 g/mol. The number of methoxy groups -OCH3 is 1. The Kier molecular flexibility index (Phi) is 3.77. The SMILES string of the molecule is CNCc1cn(Cc2ccc(OC)cc2)cn1. The minimum Gasteiger partial charge on any atom is -0.497 e. The van der Waals surface area contributed by atoms with Crippen molar-refractivity contribution in [3.05, 3.63) is 48.0 Å². The van der Waals surface area contributed by atoms with E-state index in [-0.39, 0.29) is 0 Å². The van der Waals surface area contributed by atoms with E-state index in [1.165, 1.54) is 5.56 Å². The highest BCUT2D eigenvalue weighted by Crippen LogP contribution is 2.12. The van der Waals surface area contributed by atoms with E-state index in [1.807, 2.05) is 25.5 Å². The van der Waals surface area contributed by atoms with Crippen LogP contribution in [-0.4, -0.2) is 23.7 Å². The molecule has 1 aromatic heterocycles. The van der Waals surface area contributed by atoms with Crippen molar-refractivity contribution in [2.75, 3.05) is 14.2 Å². The van der Waals surface area contributed by atoms with E-state index in [4.69, 9.17) is 4.74 Å². The number of nitrogens with one attached hydrogen (secondary N) is 1. The minimum absolute atomic E-state index is 0.801. The summed E-state index contributed by atoms with van der Waals surface area (Å²) in [6.45, 7) is 1.64. The average Bonchev–Trinajstić information content (AvgIpc) is 2.78. The molecule has 4 heteroatoms. The van der Waals surface area contributed by atoms with Gasteiger partial charge in [0.05, 0.1) is 19.1 Å². The number of benzene rings is 1. The second-order valence-corrected chi connectivity index (χ2v) is 3.92. The second kappa shape index (κ2) is 5.50. The Morgan fingerprint density at radius 3 is 2.71 bits per heavy atom. The van der Waals surface area contributed by atoms with E-state index in [1.54, 1.807) is 7.11 Å². The molecule has 0 aliphatic carbocycles. The molecule has 1 aromatic carbocycles. The normalized spacial score (nSPS) is 10.5. The largest absolute Gasteiger partial charge is 0.497 e. The number of hydrogen-bond donors (Lipinski definition) is 1. The summed E-state index contributed by atoms with van der Waals surface area (Å²) < 4.78 is 7.21. The van der Waals surface area contributed by atoms with Crippen LogP contribution in [0.3, 0.4) is 0 Å². The summed E-state index contributed by atoms with van der Waals surface area (Å²) in [6.07, 6.45) is 3.91. The lowest BCUT2D eigenvalue weighted by atomic mass is 10.2. The topological polar surface area (TPSA) is 39.1 Å². The molecule has 0 spiro atoms. The zero-order valence-corrected chi connectivity index (χ0v) is 10.2. The van der Waals surface area contributed by atoms with Crippen molar-refractivity contribution in [1.29, 1.82) is 0 Å². The van der Waals surface area contributed by atoms with Crippen LogP contribution in [0.4, 0.5) is 0 Å². The fourth-order valence-corrected chi connectivity index (χ4v) is 1.71. The highest BCUT2D eigenvalue weighted by Gasteiger charge is 1.99. The summed E-state index contributed by atoms with van der Waals surface area (Å²) in [6, 6.07) is 8.08. The van der Waals surface area contributed by atoms with Gasteiger partial charge in [-0.2, -0.15) is 0 Å². The third-order valence-electron chi connectivity index (χ3n) is 2.57. The van der Waals surface area contributed by atoms with Gasteiger partial charge in [0.2, 0.25) is 0 Å². The van der Waals surface area contributed by atoms with Crippen molar-refractivity contribution in [1.82, 2.24) is 14.9 Å². The molecule has 1 N–H and O–H groups in total. The third-order valence-corrected chi connectivity index (χ3v) is 2.57. The molecule has 17 heavy (non-hydrogen) atoms. The molecule has 0 aliphatic heterocycles. The molecule has 0 unspecified atom stereocenters. The van der Waals surface area contributed by atoms with Gasteiger partial charge in [0, 0.05) is 19.3 Å². The highest BCUT2D eigenvalue weighted by molar-refractivity contribution is 5.27. The number of ether oxygens (including phenoxy) is 1. The Morgan fingerprint density at radius 1 is 1.29 bits per heavy atom. The van der Waals surface area contributed by atoms with Crippen molar-refractivity contribution in [2.24, 2.45) is 0 Å². The van der Waals surface area contributed by atoms with Gasteiger partial charge in [-0.05, 0) is 24.7 Å². The van der Waals surface area contributed by atoms with Crippen LogP contribution in [0, 0.1) is 0 Å². The van der Waals surface area contributed by atoms with E-state index in [2.05, 4.69) is 33.2 Å². The van der Waals surface area contributed by atoms with Gasteiger partial charge in [-0.3, -0.25) is 0 Å². The van der Waals surface area contributed by atoms with E-state index < -0.39 is 0 Å². The summed E-state index contributed by atoms with van der Waals surface area (Å²) in [5.74, 6) is 0.884. The predicted molar refractivity (Wildman–Crippen MR) is 67.1 cm³/mol. The van der Waals surface area contributed by atoms with Gasteiger partial charge < -0.3 is 14.6 Å². The van der Waals surface area contributed by atoms with Crippen molar-refractivity contribution in [3.8, 4) is 5.75 Å². The lowest BCUT2D eigenvalue weighted by Gasteiger charge is -2.04. The van der Waals surface area contributed by atoms with E-state index in [0.717, 1.165) is 24.5 Å². The quantitative estimate of drug-likeness (QED) is 0.850. The number of imidazole rings is 1. The first-order valence-electron chi connectivity index (χ1n) is 5.60. The zero-order chi connectivity index (χ0) is 12.1. The summed E-state index contributed by atoms with van der Waals surface area (Å²) in [7, 11) is 3.59. The van der Waals surface area contributed by atoms with Gasteiger partial charge in [0.1, 0.15) is 5.75 Å². The Hall–Kier alpha value is -1.81. The molecule has 0 aliphatic rings. The van der Waals surface area contributed by atoms with Gasteiger partial charge in [0.15, 0.2) is 0 Å². The molecule has 90 valence electrons. The Balaban J connectivity index is 2.03. The van der Waals surface area contributed by atoms with Gasteiger partial charge >= 0.3 is 0 Å². The Bertz CT molecular complexity index is 462. The molecule has 2 rings (SSSR count). The summed E-state index contributed by atoms with van der Waals surface area (Å²) in [4.78, 5) is 4.31. The van der Waals surface area contributed by atoms with Crippen LogP contribution in [0.5, 0.6) is 5.75 Å². The highest BCUT2D eigenvalue weighted by atomic mass is 16.5. The van der Waals surface area contributed by atoms with E-state index >= 15 is 0 Å². The summed E-state index contributed by atoms with van der Waals surface area (Å²) in [5.41, 5.74) is 2.29. The molecule has 0 saturated carbocycles. The molecule has 0 bridgehead atoms. The van der Waals surface area contributed by atoms with Crippen LogP contribution in [0.15, 0.2) is 36.8 Å².